The Balaban J connectivity index is 2.05. The van der Waals surface area contributed by atoms with Crippen LogP contribution in [-0.4, -0.2) is 27.6 Å². The molecule has 4 aromatic rings. The third-order valence-electron chi connectivity index (χ3n) is 4.47. The number of aromatic nitrogens is 3. The van der Waals surface area contributed by atoms with Crippen LogP contribution in [0.25, 0.3) is 33.4 Å². The van der Waals surface area contributed by atoms with Crippen molar-refractivity contribution in [2.45, 2.75) is 0 Å². The fourth-order valence-corrected chi connectivity index (χ4v) is 3.38. The molecule has 0 aliphatic heterocycles. The fourth-order valence-electron chi connectivity index (χ4n) is 3.16. The lowest BCUT2D eigenvalue weighted by Crippen LogP contribution is -1.95. The van der Waals surface area contributed by atoms with Crippen LogP contribution in [0.1, 0.15) is 11.3 Å². The number of halogens is 1. The summed E-state index contributed by atoms with van der Waals surface area (Å²) in [4.78, 5) is 13.3. The quantitative estimate of drug-likeness (QED) is 0.537. The lowest BCUT2D eigenvalue weighted by molar-refractivity contribution is 1.16. The van der Waals surface area contributed by atoms with E-state index in [-0.39, 0.29) is 0 Å². The Morgan fingerprint density at radius 1 is 1.32 bits per heavy atom. The summed E-state index contributed by atoms with van der Waals surface area (Å²) in [6.07, 6.45) is 6.69. The Hall–Kier alpha value is -3.69. The number of hydrogen-bond acceptors (Lipinski definition) is 5. The normalized spacial score (nSPS) is 12.1. The summed E-state index contributed by atoms with van der Waals surface area (Å²) in [6.45, 7) is 0. The van der Waals surface area contributed by atoms with Gasteiger partial charge in [0.2, 0.25) is 0 Å². The highest BCUT2D eigenvalue weighted by atomic mass is 35.5. The molecular formula is C21H15ClN6. The van der Waals surface area contributed by atoms with Crippen LogP contribution in [0.15, 0.2) is 60.0 Å². The third kappa shape index (κ3) is 2.79. The average Bonchev–Trinajstić information content (AvgIpc) is 3.10. The number of allylic oxidation sites excluding steroid dienone is 1. The number of rotatable bonds is 3. The van der Waals surface area contributed by atoms with Gasteiger partial charge in [0.05, 0.1) is 10.5 Å². The smallest absolute Gasteiger partial charge is 0.152 e. The van der Waals surface area contributed by atoms with E-state index in [0.29, 0.717) is 27.6 Å². The highest BCUT2D eigenvalue weighted by molar-refractivity contribution is 6.33. The van der Waals surface area contributed by atoms with Crippen LogP contribution in [0.4, 0.5) is 0 Å². The first-order valence-corrected chi connectivity index (χ1v) is 8.86. The van der Waals surface area contributed by atoms with Crippen LogP contribution in [0.2, 0.25) is 5.02 Å². The number of pyridine rings is 2. The van der Waals surface area contributed by atoms with Crippen LogP contribution in [0.5, 0.6) is 0 Å². The van der Waals surface area contributed by atoms with Crippen LogP contribution >= 0.6 is 11.6 Å². The van der Waals surface area contributed by atoms with E-state index in [2.05, 4.69) is 16.0 Å². The Bertz CT molecular complexity index is 1310. The molecule has 6 nitrogen and oxygen atoms in total. The van der Waals surface area contributed by atoms with Crippen molar-refractivity contribution in [3.8, 4) is 17.3 Å². The number of hydrogen-bond donors (Lipinski definition) is 1. The van der Waals surface area contributed by atoms with Gasteiger partial charge in [0.25, 0.3) is 0 Å². The standard InChI is InChI=1S/C21H15ClN6/c1-25-11-14(9-23)13-8-16-18(26-12-13)6-7-28-19(10-24)20(27-21(16)28)15-4-2-3-5-17(15)22/h2-9,11-12H,23H2,1H3. The molecule has 0 fully saturated rings. The molecule has 0 aliphatic carbocycles. The van der Waals surface area contributed by atoms with E-state index in [4.69, 9.17) is 22.3 Å². The highest BCUT2D eigenvalue weighted by Crippen LogP contribution is 2.32. The minimum Gasteiger partial charge on any atom is -0.404 e. The second kappa shape index (κ2) is 7.14. The lowest BCUT2D eigenvalue weighted by atomic mass is 10.1. The largest absolute Gasteiger partial charge is 0.404 e. The molecule has 0 aliphatic rings. The van der Waals surface area contributed by atoms with Gasteiger partial charge in [-0.3, -0.25) is 14.4 Å². The zero-order valence-corrected chi connectivity index (χ0v) is 15.7. The Labute approximate surface area is 166 Å². The van der Waals surface area contributed by atoms with Crippen molar-refractivity contribution in [3.63, 3.8) is 0 Å². The van der Waals surface area contributed by atoms with Gasteiger partial charge in [-0.2, -0.15) is 5.26 Å². The summed E-state index contributed by atoms with van der Waals surface area (Å²) in [5.41, 5.74) is 10.4. The maximum Gasteiger partial charge on any atom is 0.152 e. The first-order chi connectivity index (χ1) is 13.7. The fraction of sp³-hybridized carbons (Fsp3) is 0.0476. The van der Waals surface area contributed by atoms with E-state index in [1.165, 1.54) is 6.20 Å². The topological polar surface area (TPSA) is 92.4 Å². The molecule has 0 bridgehead atoms. The second-order valence-electron chi connectivity index (χ2n) is 6.08. The second-order valence-corrected chi connectivity index (χ2v) is 6.48. The lowest BCUT2D eigenvalue weighted by Gasteiger charge is -2.05. The van der Waals surface area contributed by atoms with Crippen molar-refractivity contribution in [2.24, 2.45) is 10.7 Å². The number of nitriles is 1. The Kier molecular flexibility index (Phi) is 4.52. The number of benzene rings is 1. The van der Waals surface area contributed by atoms with Gasteiger partial charge >= 0.3 is 0 Å². The molecule has 0 unspecified atom stereocenters. The van der Waals surface area contributed by atoms with Gasteiger partial charge in [0.1, 0.15) is 17.4 Å². The van der Waals surface area contributed by atoms with E-state index in [0.717, 1.165) is 22.0 Å². The van der Waals surface area contributed by atoms with Crippen LogP contribution < -0.4 is 5.73 Å². The molecule has 0 atom stereocenters. The van der Waals surface area contributed by atoms with Gasteiger partial charge in [-0.25, -0.2) is 4.98 Å². The first-order valence-electron chi connectivity index (χ1n) is 8.48. The molecule has 2 N–H and O–H groups in total. The summed E-state index contributed by atoms with van der Waals surface area (Å²) in [5.74, 6) is 0. The van der Waals surface area contributed by atoms with E-state index in [1.807, 2.05) is 30.3 Å². The van der Waals surface area contributed by atoms with Gasteiger partial charge < -0.3 is 5.73 Å². The molecule has 0 saturated carbocycles. The molecule has 7 heteroatoms. The van der Waals surface area contributed by atoms with Gasteiger partial charge in [0, 0.05) is 53.9 Å². The van der Waals surface area contributed by atoms with E-state index in [1.54, 1.807) is 36.1 Å². The molecule has 0 amide bonds. The van der Waals surface area contributed by atoms with Crippen molar-refractivity contribution >= 4 is 39.9 Å². The van der Waals surface area contributed by atoms with Crippen molar-refractivity contribution in [1.82, 2.24) is 14.4 Å². The maximum atomic E-state index is 9.77. The number of imidazole rings is 1. The zero-order valence-electron chi connectivity index (χ0n) is 15.0. The summed E-state index contributed by atoms with van der Waals surface area (Å²) in [7, 11) is 1.68. The molecule has 0 radical (unpaired) electrons. The van der Waals surface area contributed by atoms with Crippen molar-refractivity contribution < 1.29 is 0 Å². The summed E-state index contributed by atoms with van der Waals surface area (Å²) in [6, 6.07) is 13.4. The maximum absolute atomic E-state index is 9.77. The molecule has 28 heavy (non-hydrogen) atoms. The monoisotopic (exact) mass is 386 g/mol. The minimum absolute atomic E-state index is 0.417. The van der Waals surface area contributed by atoms with E-state index in [9.17, 15) is 5.26 Å². The van der Waals surface area contributed by atoms with Gasteiger partial charge in [-0.15, -0.1) is 0 Å². The zero-order chi connectivity index (χ0) is 19.7. The minimum atomic E-state index is 0.417. The van der Waals surface area contributed by atoms with Crippen LogP contribution in [-0.2, 0) is 0 Å². The van der Waals surface area contributed by atoms with Gasteiger partial charge in [0.15, 0.2) is 5.69 Å². The number of nitrogens with two attached hydrogens (primary N) is 1. The molecule has 0 saturated heterocycles. The molecule has 4 rings (SSSR count). The molecular weight excluding hydrogens is 372 g/mol. The third-order valence-corrected chi connectivity index (χ3v) is 4.80. The summed E-state index contributed by atoms with van der Waals surface area (Å²) < 4.78 is 1.76. The van der Waals surface area contributed by atoms with Crippen LogP contribution in [0.3, 0.4) is 0 Å². The molecule has 0 spiro atoms. The predicted molar refractivity (Wildman–Crippen MR) is 112 cm³/mol. The van der Waals surface area contributed by atoms with Crippen LogP contribution in [0, 0.1) is 11.3 Å². The highest BCUT2D eigenvalue weighted by Gasteiger charge is 2.18. The predicted octanol–water partition coefficient (Wildman–Crippen LogP) is 4.07. The van der Waals surface area contributed by atoms with Crippen molar-refractivity contribution in [3.05, 3.63) is 71.3 Å². The van der Waals surface area contributed by atoms with E-state index < -0.39 is 0 Å². The van der Waals surface area contributed by atoms with Crippen molar-refractivity contribution in [1.29, 1.82) is 5.26 Å². The molecule has 3 heterocycles. The molecule has 1 aromatic carbocycles. The summed E-state index contributed by atoms with van der Waals surface area (Å²) in [5, 5.41) is 11.1. The SMILES string of the molecule is CN=CC(=CN)c1cnc2ccn3c(C#N)c(-c4ccccc4Cl)nc3c2c1. The average molecular weight is 387 g/mol. The van der Waals surface area contributed by atoms with Gasteiger partial charge in [-0.1, -0.05) is 29.8 Å². The number of nitrogens with zero attached hydrogens (tertiary/aromatic N) is 5. The van der Waals surface area contributed by atoms with Crippen molar-refractivity contribution in [2.75, 3.05) is 7.05 Å². The number of aliphatic imine (C=N–C) groups is 1. The van der Waals surface area contributed by atoms with E-state index >= 15 is 0 Å². The Morgan fingerprint density at radius 2 is 2.14 bits per heavy atom. The van der Waals surface area contributed by atoms with Gasteiger partial charge in [-0.05, 0) is 18.2 Å². The molecule has 3 aromatic heterocycles. The Morgan fingerprint density at radius 3 is 2.86 bits per heavy atom. The summed E-state index contributed by atoms with van der Waals surface area (Å²) >= 11 is 6.35. The number of fused-ring (bicyclic) bond motifs is 3. The first kappa shape index (κ1) is 17.7. The molecule has 136 valence electrons.